The average molecular weight is 1460 g/mol. The summed E-state index contributed by atoms with van der Waals surface area (Å²) in [6, 6.07) is 134. The predicted octanol–water partition coefficient (Wildman–Crippen LogP) is 27.1. The van der Waals surface area contributed by atoms with Crippen LogP contribution in [0.4, 0.5) is 0 Å². The number of hydrogen-bond donors (Lipinski definition) is 0. The molecule has 0 amide bonds. The molecule has 0 unspecified atom stereocenters. The summed E-state index contributed by atoms with van der Waals surface area (Å²) in [6.45, 7) is 0. The number of hydrogen-bond acceptors (Lipinski definition) is 6. The molecule has 0 atom stereocenters. The maximum absolute atomic E-state index is 5.60. The normalized spacial score (nSPS) is 13.8. The second-order valence-electron chi connectivity index (χ2n) is 29.9. The predicted molar refractivity (Wildman–Crippen MR) is 461 cm³/mol. The molecule has 0 N–H and O–H groups in total. The molecule has 514 valence electrons. The summed E-state index contributed by atoms with van der Waals surface area (Å²) in [4.78, 5) is 21.6. The zero-order valence-electron chi connectivity index (χ0n) is 59.5. The van der Waals surface area contributed by atoms with E-state index >= 15 is 0 Å². The molecule has 2 aliphatic heterocycles. The van der Waals surface area contributed by atoms with Crippen molar-refractivity contribution < 1.29 is 0 Å². The van der Waals surface area contributed by atoms with E-state index in [0.29, 0.717) is 17.5 Å². The second kappa shape index (κ2) is 23.2. The lowest BCUT2D eigenvalue weighted by molar-refractivity contribution is 0.724. The molecule has 4 aromatic heterocycles. The second-order valence-corrected chi connectivity index (χ2v) is 33.2. The maximum Gasteiger partial charge on any atom is 0.164 e. The van der Waals surface area contributed by atoms with Gasteiger partial charge in [-0.25, -0.2) is 15.0 Å². The first-order valence-electron chi connectivity index (χ1n) is 37.9. The minimum Gasteiger partial charge on any atom is -0.309 e. The van der Waals surface area contributed by atoms with Gasteiger partial charge >= 0.3 is 0 Å². The van der Waals surface area contributed by atoms with E-state index in [4.69, 9.17) is 15.0 Å². The van der Waals surface area contributed by atoms with Crippen molar-refractivity contribution in [1.82, 2.24) is 24.1 Å². The molecule has 0 radical (unpaired) electrons. The third-order valence-corrected chi connectivity index (χ3v) is 27.8. The van der Waals surface area contributed by atoms with Gasteiger partial charge in [0, 0.05) is 100 Å². The maximum atomic E-state index is 5.60. The molecule has 2 aliphatic carbocycles. The van der Waals surface area contributed by atoms with Gasteiger partial charge in [0.05, 0.1) is 32.9 Å². The van der Waals surface area contributed by atoms with Gasteiger partial charge in [0.15, 0.2) is 17.5 Å². The molecule has 111 heavy (non-hydrogen) atoms. The summed E-state index contributed by atoms with van der Waals surface area (Å²) in [5.74, 6) is 1.78. The Balaban J connectivity index is 0.687. The Hall–Kier alpha value is -13.2. The first-order valence-corrected chi connectivity index (χ1v) is 40.4. The van der Waals surface area contributed by atoms with Gasteiger partial charge in [-0.1, -0.05) is 303 Å². The molecule has 5 nitrogen and oxygen atoms in total. The number of fused-ring (bicyclic) bond motifs is 31. The largest absolute Gasteiger partial charge is 0.309 e. The van der Waals surface area contributed by atoms with Crippen molar-refractivity contribution in [2.45, 2.75) is 30.4 Å². The van der Waals surface area contributed by atoms with E-state index in [1.165, 1.54) is 155 Å². The molecule has 0 saturated carbocycles. The molecule has 6 heterocycles. The zero-order chi connectivity index (χ0) is 72.4. The Morgan fingerprint density at radius 2 is 0.658 bits per heavy atom. The van der Waals surface area contributed by atoms with Gasteiger partial charge in [0.1, 0.15) is 0 Å². The summed E-state index contributed by atoms with van der Waals surface area (Å²) in [5.41, 5.74) is 26.2. The molecule has 4 aliphatic rings. The number of benzene rings is 17. The molecule has 8 heteroatoms. The Morgan fingerprint density at radius 1 is 0.225 bits per heavy atom. The Morgan fingerprint density at radius 3 is 1.28 bits per heavy atom. The first-order chi connectivity index (χ1) is 55.0. The van der Waals surface area contributed by atoms with Gasteiger partial charge in [-0.3, -0.25) is 0 Å². The minimum atomic E-state index is -0.558. The Bertz CT molecular complexity index is 7600. The van der Waals surface area contributed by atoms with Crippen LogP contribution in [0, 0.1) is 0 Å². The molecule has 0 saturated heterocycles. The minimum absolute atomic E-state index is 0.554. The van der Waals surface area contributed by atoms with E-state index in [0.717, 1.165) is 55.6 Å². The van der Waals surface area contributed by atoms with E-state index in [9.17, 15) is 0 Å². The van der Waals surface area contributed by atoms with Crippen molar-refractivity contribution in [3.8, 4) is 78.9 Å². The average Bonchev–Trinajstić information content (AvgIpc) is 1.52. The van der Waals surface area contributed by atoms with E-state index in [2.05, 4.69) is 367 Å². The summed E-state index contributed by atoms with van der Waals surface area (Å²) in [7, 11) is 0. The third-order valence-electron chi connectivity index (χ3n) is 24.4. The van der Waals surface area contributed by atoms with Gasteiger partial charge in [0.2, 0.25) is 0 Å². The third kappa shape index (κ3) is 8.50. The smallest absolute Gasteiger partial charge is 0.164 e. The Kier molecular flexibility index (Phi) is 12.9. The van der Waals surface area contributed by atoms with Crippen LogP contribution in [0.2, 0.25) is 0 Å². The summed E-state index contributed by atoms with van der Waals surface area (Å²) >= 11 is 5.67. The van der Waals surface area contributed by atoms with Crippen LogP contribution >= 0.6 is 34.9 Å². The molecule has 2 spiro atoms. The Labute approximate surface area is 651 Å². The molecular weight excluding hydrogens is 1400 g/mol. The quantitative estimate of drug-likeness (QED) is 0.166. The van der Waals surface area contributed by atoms with E-state index in [1.54, 1.807) is 0 Å². The van der Waals surface area contributed by atoms with Crippen molar-refractivity contribution in [2.24, 2.45) is 0 Å². The number of aromatic nitrogens is 5. The van der Waals surface area contributed by atoms with Gasteiger partial charge in [0.25, 0.3) is 0 Å². The van der Waals surface area contributed by atoms with Crippen molar-refractivity contribution in [3.63, 3.8) is 0 Å². The molecule has 17 aromatic carbocycles. The van der Waals surface area contributed by atoms with Crippen LogP contribution in [0.15, 0.2) is 377 Å². The van der Waals surface area contributed by atoms with Crippen LogP contribution in [-0.4, -0.2) is 24.1 Å². The highest BCUT2D eigenvalue weighted by molar-refractivity contribution is 7.99. The summed E-state index contributed by atoms with van der Waals surface area (Å²) in [6.07, 6.45) is 0. The number of thiophene rings is 1. The van der Waals surface area contributed by atoms with E-state index in [-0.39, 0.29) is 0 Å². The van der Waals surface area contributed by atoms with E-state index < -0.39 is 10.8 Å². The number of rotatable bonds is 6. The van der Waals surface area contributed by atoms with Crippen LogP contribution in [0.25, 0.3) is 164 Å². The molecule has 0 bridgehead atoms. The standard InChI is InChI=1S/C103H59N5S3/c1-2-25-61(26-3-1)99-104-100(106-101(105-99)64-29-23-30-65(53-64)107-89-58-87-95(56-78(89)76-50-48-60-24-4-5-31-67(60)97(76)107)110-92-46-20-17-43-85(92)102(87)81-39-13-8-33-69(81)70-34-9-14-40-82(70)102)63-28-22-27-62(52-63)77-55-80-79-57-96-88(103(86-44-18-21-47-93(86)111-96)83-41-15-10-35-71(83)72-36-11-16-42-84(72)103)59-90(79)108(98(80)75-38-7-6-32-68(75)77)66-49-51-74-73-37-12-19-45-91(73)109-94(74)54-66/h1-59H. The fourth-order valence-electron chi connectivity index (χ4n) is 19.9. The van der Waals surface area contributed by atoms with Gasteiger partial charge < -0.3 is 9.13 Å². The fraction of sp³-hybridized carbons (Fsp3) is 0.0194. The van der Waals surface area contributed by atoms with Crippen molar-refractivity contribution in [3.05, 3.63) is 402 Å². The van der Waals surface area contributed by atoms with Crippen LogP contribution in [0.1, 0.15) is 44.5 Å². The summed E-state index contributed by atoms with van der Waals surface area (Å²) in [5, 5.41) is 12.1. The summed E-state index contributed by atoms with van der Waals surface area (Å²) < 4.78 is 7.67. The highest BCUT2D eigenvalue weighted by atomic mass is 32.2. The number of nitrogens with zero attached hydrogens (tertiary/aromatic N) is 5. The molecule has 0 fully saturated rings. The lowest BCUT2D eigenvalue weighted by atomic mass is 9.67. The zero-order valence-corrected chi connectivity index (χ0v) is 62.0. The topological polar surface area (TPSA) is 48.5 Å². The molecule has 25 rings (SSSR count). The van der Waals surface area contributed by atoms with Crippen LogP contribution in [-0.2, 0) is 10.8 Å². The first kappa shape index (κ1) is 61.8. The lowest BCUT2D eigenvalue weighted by Crippen LogP contribution is -2.32. The molecule has 21 aromatic rings. The van der Waals surface area contributed by atoms with Gasteiger partial charge in [-0.2, -0.15) is 0 Å². The van der Waals surface area contributed by atoms with Crippen molar-refractivity contribution in [2.75, 3.05) is 0 Å². The van der Waals surface area contributed by atoms with E-state index in [1.807, 2.05) is 34.9 Å². The monoisotopic (exact) mass is 1460 g/mol. The SMILES string of the molecule is c1ccc(-c2nc(-c3cccc(-c4cc5c6cc7c(cc6n(-c6ccc8c(c6)sc6ccccc68)c5c5ccccc45)C4(c5ccccc5S7)c5ccccc5-c5ccccc54)c3)nc(-c3cccc(-n4c5cc6c(cc5c5ccc7ccccc7c54)Sc4ccccc4C64c5ccccc5-c5ccccc54)c3)n2)cc1. The van der Waals surface area contributed by atoms with Crippen molar-refractivity contribution in [1.29, 1.82) is 0 Å². The van der Waals surface area contributed by atoms with Crippen molar-refractivity contribution >= 4 is 120 Å². The van der Waals surface area contributed by atoms with Crippen LogP contribution in [0.5, 0.6) is 0 Å². The van der Waals surface area contributed by atoms with Crippen LogP contribution < -0.4 is 0 Å². The molecular formula is C103H59N5S3. The van der Waals surface area contributed by atoms with Gasteiger partial charge in [-0.15, -0.1) is 11.3 Å². The fourth-order valence-corrected chi connectivity index (χ4v) is 23.5. The lowest BCUT2D eigenvalue weighted by Gasteiger charge is -2.39. The van der Waals surface area contributed by atoms with Crippen LogP contribution in [0.3, 0.4) is 0 Å². The van der Waals surface area contributed by atoms with Gasteiger partial charge in [-0.05, 0) is 168 Å². The highest BCUT2D eigenvalue weighted by Gasteiger charge is 2.52. The highest BCUT2D eigenvalue weighted by Crippen LogP contribution is 2.65.